The van der Waals surface area contributed by atoms with Gasteiger partial charge in [-0.25, -0.2) is 0 Å². The van der Waals surface area contributed by atoms with Crippen molar-refractivity contribution in [2.24, 2.45) is 0 Å². The van der Waals surface area contributed by atoms with E-state index in [9.17, 15) is 14.7 Å². The summed E-state index contributed by atoms with van der Waals surface area (Å²) in [7, 11) is 1.51. The molecule has 174 valence electrons. The number of aliphatic hydroxyl groups is 1. The van der Waals surface area contributed by atoms with Crippen molar-refractivity contribution in [3.8, 4) is 17.2 Å². The number of anilines is 1. The Hall–Kier alpha value is -4.78. The van der Waals surface area contributed by atoms with Gasteiger partial charge >= 0.3 is 0 Å². The summed E-state index contributed by atoms with van der Waals surface area (Å²) < 4.78 is 16.7. The van der Waals surface area contributed by atoms with E-state index in [0.29, 0.717) is 34.3 Å². The molecule has 7 nitrogen and oxygen atoms in total. The van der Waals surface area contributed by atoms with Crippen LogP contribution in [0.25, 0.3) is 5.76 Å². The highest BCUT2D eigenvalue weighted by Gasteiger charge is 2.48. The van der Waals surface area contributed by atoms with Crippen LogP contribution in [0.1, 0.15) is 17.4 Å². The number of amides is 1. The fourth-order valence-corrected chi connectivity index (χ4v) is 4.04. The van der Waals surface area contributed by atoms with Gasteiger partial charge in [-0.2, -0.15) is 0 Å². The van der Waals surface area contributed by atoms with Crippen molar-refractivity contribution in [1.82, 2.24) is 0 Å². The first-order chi connectivity index (χ1) is 17.1. The third-order valence-corrected chi connectivity index (χ3v) is 5.69. The van der Waals surface area contributed by atoms with E-state index in [1.54, 1.807) is 60.7 Å². The van der Waals surface area contributed by atoms with E-state index < -0.39 is 17.7 Å². The number of hydrogen-bond acceptors (Lipinski definition) is 6. The molecule has 0 bridgehead atoms. The largest absolute Gasteiger partial charge is 0.507 e. The lowest BCUT2D eigenvalue weighted by atomic mass is 9.99. The number of Topliss-reactive ketones (excluding diaryl/α,β-unsaturated/α-hetero) is 1. The summed E-state index contributed by atoms with van der Waals surface area (Å²) in [6.45, 7) is 0. The average molecular weight is 467 g/mol. The molecule has 4 aromatic rings. The minimum atomic E-state index is -0.947. The lowest BCUT2D eigenvalue weighted by molar-refractivity contribution is -0.132. The van der Waals surface area contributed by atoms with Crippen LogP contribution in [-0.2, 0) is 9.59 Å². The van der Waals surface area contributed by atoms with E-state index >= 15 is 0 Å². The number of hydrogen-bond donors (Lipinski definition) is 1. The Bertz CT molecular complexity index is 1390. The molecule has 3 aromatic carbocycles. The smallest absolute Gasteiger partial charge is 0.300 e. The van der Waals surface area contributed by atoms with Crippen molar-refractivity contribution < 1.29 is 28.6 Å². The number of para-hydroxylation sites is 1. The highest BCUT2D eigenvalue weighted by Crippen LogP contribution is 2.43. The number of benzene rings is 3. The predicted molar refractivity (Wildman–Crippen MR) is 129 cm³/mol. The Labute approximate surface area is 201 Å². The molecule has 2 heterocycles. The fourth-order valence-electron chi connectivity index (χ4n) is 4.04. The first-order valence-corrected chi connectivity index (χ1v) is 10.9. The Morgan fingerprint density at radius 3 is 2.26 bits per heavy atom. The fraction of sp³-hybridized carbons (Fsp3) is 0.0714. The standard InChI is InChI=1S/C28H21NO6/c1-33-22-10-5-7-18(17-22)26(30)24-25(23-11-6-16-34-23)29(28(32)27(24)31)19-12-14-21(15-13-19)35-20-8-3-2-4-9-20/h2-17,25,30H,1H3/b26-24-. The van der Waals surface area contributed by atoms with Crippen LogP contribution in [0, 0.1) is 0 Å². The van der Waals surface area contributed by atoms with Gasteiger partial charge in [0.1, 0.15) is 34.8 Å². The monoisotopic (exact) mass is 467 g/mol. The van der Waals surface area contributed by atoms with Crippen molar-refractivity contribution in [3.05, 3.63) is 114 Å². The molecule has 35 heavy (non-hydrogen) atoms. The molecule has 1 N–H and O–H groups in total. The predicted octanol–water partition coefficient (Wildman–Crippen LogP) is 5.71. The number of methoxy groups -OCH3 is 1. The van der Waals surface area contributed by atoms with Gasteiger partial charge in [-0.05, 0) is 60.7 Å². The molecule has 1 aromatic heterocycles. The minimum Gasteiger partial charge on any atom is -0.507 e. The van der Waals surface area contributed by atoms with Crippen LogP contribution < -0.4 is 14.4 Å². The maximum absolute atomic E-state index is 13.2. The summed E-state index contributed by atoms with van der Waals surface area (Å²) in [5, 5.41) is 11.1. The summed E-state index contributed by atoms with van der Waals surface area (Å²) in [5.74, 6) is 0.209. The van der Waals surface area contributed by atoms with Crippen molar-refractivity contribution in [1.29, 1.82) is 0 Å². The molecule has 5 rings (SSSR count). The van der Waals surface area contributed by atoms with Gasteiger partial charge in [0.2, 0.25) is 0 Å². The van der Waals surface area contributed by atoms with Crippen molar-refractivity contribution in [3.63, 3.8) is 0 Å². The van der Waals surface area contributed by atoms with E-state index in [1.165, 1.54) is 18.3 Å². The summed E-state index contributed by atoms with van der Waals surface area (Å²) in [4.78, 5) is 27.7. The van der Waals surface area contributed by atoms with E-state index in [2.05, 4.69) is 0 Å². The Morgan fingerprint density at radius 2 is 1.57 bits per heavy atom. The molecule has 1 aliphatic heterocycles. The lowest BCUT2D eigenvalue weighted by Crippen LogP contribution is -2.29. The number of carbonyl (C=O) groups is 2. The van der Waals surface area contributed by atoms with Crippen LogP contribution in [0.15, 0.2) is 107 Å². The van der Waals surface area contributed by atoms with Crippen LogP contribution in [0.5, 0.6) is 17.2 Å². The second-order valence-electron chi connectivity index (χ2n) is 7.83. The number of furan rings is 1. The van der Waals surface area contributed by atoms with Crippen molar-refractivity contribution >= 4 is 23.1 Å². The number of carbonyl (C=O) groups excluding carboxylic acids is 2. The normalized spacial score (nSPS) is 16.9. The number of nitrogens with zero attached hydrogens (tertiary/aromatic N) is 1. The minimum absolute atomic E-state index is 0.0668. The molecule has 0 radical (unpaired) electrons. The molecule has 1 aliphatic rings. The van der Waals surface area contributed by atoms with E-state index in [0.717, 1.165) is 0 Å². The molecule has 1 fully saturated rings. The van der Waals surface area contributed by atoms with Crippen LogP contribution in [-0.4, -0.2) is 23.9 Å². The van der Waals surface area contributed by atoms with E-state index in [4.69, 9.17) is 13.9 Å². The number of ether oxygens (including phenoxy) is 2. The molecule has 0 saturated carbocycles. The first kappa shape index (κ1) is 22.0. The van der Waals surface area contributed by atoms with Crippen molar-refractivity contribution in [2.75, 3.05) is 12.0 Å². The Kier molecular flexibility index (Phi) is 5.81. The van der Waals surface area contributed by atoms with Crippen LogP contribution >= 0.6 is 0 Å². The van der Waals surface area contributed by atoms with E-state index in [1.807, 2.05) is 30.3 Å². The number of rotatable bonds is 6. The van der Waals surface area contributed by atoms with Crippen molar-refractivity contribution in [2.45, 2.75) is 6.04 Å². The molecule has 1 atom stereocenters. The zero-order valence-corrected chi connectivity index (χ0v) is 18.8. The van der Waals surface area contributed by atoms with Gasteiger partial charge in [-0.15, -0.1) is 0 Å². The molecule has 1 amide bonds. The lowest BCUT2D eigenvalue weighted by Gasteiger charge is -2.23. The molecular formula is C28H21NO6. The second-order valence-corrected chi connectivity index (χ2v) is 7.83. The van der Waals surface area contributed by atoms with E-state index in [-0.39, 0.29) is 11.3 Å². The third-order valence-electron chi connectivity index (χ3n) is 5.69. The zero-order valence-electron chi connectivity index (χ0n) is 18.8. The number of ketones is 1. The highest BCUT2D eigenvalue weighted by molar-refractivity contribution is 6.51. The molecular weight excluding hydrogens is 446 g/mol. The van der Waals surface area contributed by atoms with Gasteiger partial charge in [0.25, 0.3) is 11.7 Å². The maximum atomic E-state index is 13.2. The highest BCUT2D eigenvalue weighted by atomic mass is 16.5. The average Bonchev–Trinajstić information content (AvgIpc) is 3.52. The van der Waals surface area contributed by atoms with Gasteiger partial charge in [0, 0.05) is 11.3 Å². The quantitative estimate of drug-likeness (QED) is 0.222. The summed E-state index contributed by atoms with van der Waals surface area (Å²) >= 11 is 0. The molecule has 1 unspecified atom stereocenters. The topological polar surface area (TPSA) is 89.2 Å². The molecule has 0 spiro atoms. The van der Waals surface area contributed by atoms with Gasteiger partial charge in [-0.3, -0.25) is 14.5 Å². The third kappa shape index (κ3) is 4.15. The number of aliphatic hydroxyl groups excluding tert-OH is 1. The maximum Gasteiger partial charge on any atom is 0.300 e. The van der Waals surface area contributed by atoms with Crippen LogP contribution in [0.3, 0.4) is 0 Å². The zero-order chi connectivity index (χ0) is 24.4. The van der Waals surface area contributed by atoms with Gasteiger partial charge in [-0.1, -0.05) is 30.3 Å². The Balaban J connectivity index is 1.56. The Morgan fingerprint density at radius 1 is 0.857 bits per heavy atom. The summed E-state index contributed by atoms with van der Waals surface area (Å²) in [5.41, 5.74) is 0.743. The molecule has 1 saturated heterocycles. The van der Waals surface area contributed by atoms with Crippen LogP contribution in [0.4, 0.5) is 5.69 Å². The molecule has 0 aliphatic carbocycles. The molecule has 7 heteroatoms. The first-order valence-electron chi connectivity index (χ1n) is 10.9. The van der Waals surface area contributed by atoms with Crippen LogP contribution in [0.2, 0.25) is 0 Å². The van der Waals surface area contributed by atoms with Gasteiger partial charge in [0.15, 0.2) is 0 Å². The van der Waals surface area contributed by atoms with Gasteiger partial charge < -0.3 is 19.0 Å². The summed E-state index contributed by atoms with van der Waals surface area (Å²) in [6, 6.07) is 25.1. The van der Waals surface area contributed by atoms with Gasteiger partial charge in [0.05, 0.1) is 18.9 Å². The SMILES string of the molecule is COc1cccc(/C(O)=C2/C(=O)C(=O)N(c3ccc(Oc4ccccc4)cc3)C2c2ccco2)c1. The second kappa shape index (κ2) is 9.23. The summed E-state index contributed by atoms with van der Waals surface area (Å²) in [6.07, 6.45) is 1.46.